The molecule has 0 aliphatic carbocycles. The lowest BCUT2D eigenvalue weighted by atomic mass is 10.1. The second kappa shape index (κ2) is 11.1. The fourth-order valence-corrected chi connectivity index (χ4v) is 4.97. The van der Waals surface area contributed by atoms with Crippen LogP contribution in [0.15, 0.2) is 18.2 Å². The summed E-state index contributed by atoms with van der Waals surface area (Å²) in [5.41, 5.74) is -0.759. The van der Waals surface area contributed by atoms with Gasteiger partial charge in [0.15, 0.2) is 10.8 Å². The number of fused-ring (bicyclic) bond motifs is 1. The predicted octanol–water partition coefficient (Wildman–Crippen LogP) is 6.88. The zero-order valence-electron chi connectivity index (χ0n) is 24.0. The summed E-state index contributed by atoms with van der Waals surface area (Å²) in [6.07, 6.45) is -0.680. The number of ketones is 1. The van der Waals surface area contributed by atoms with Crippen LogP contribution in [0.1, 0.15) is 85.0 Å². The van der Waals surface area contributed by atoms with Gasteiger partial charge in [-0.25, -0.2) is 14.6 Å². The van der Waals surface area contributed by atoms with Gasteiger partial charge in [-0.15, -0.1) is 11.3 Å². The van der Waals surface area contributed by atoms with Crippen molar-refractivity contribution >= 4 is 47.7 Å². The van der Waals surface area contributed by atoms with E-state index >= 15 is 0 Å². The van der Waals surface area contributed by atoms with Gasteiger partial charge in [0.2, 0.25) is 8.32 Å². The van der Waals surface area contributed by atoms with E-state index in [1.807, 2.05) is 18.2 Å². The van der Waals surface area contributed by atoms with Gasteiger partial charge in [-0.2, -0.15) is 0 Å². The summed E-state index contributed by atoms with van der Waals surface area (Å²) in [6, 6.07) is 4.65. The molecule has 8 nitrogen and oxygen atoms in total. The second-order valence-corrected chi connectivity index (χ2v) is 18.5. The van der Waals surface area contributed by atoms with Crippen LogP contribution in [0.25, 0.3) is 10.2 Å². The molecule has 0 aliphatic heterocycles. The third-order valence-corrected chi connectivity index (χ3v) is 11.2. The molecular formula is C27H42N2O6SSi. The number of nitrogens with one attached hydrogen (secondary N) is 1. The largest absolute Gasteiger partial charge is 0.543 e. The lowest BCUT2D eigenvalue weighted by molar-refractivity contribution is -0.157. The molecule has 1 heterocycles. The lowest BCUT2D eigenvalue weighted by Crippen LogP contribution is -2.46. The molecule has 2 rings (SSSR count). The van der Waals surface area contributed by atoms with Crippen molar-refractivity contribution in [3.05, 3.63) is 23.2 Å². The van der Waals surface area contributed by atoms with E-state index in [0.29, 0.717) is 10.5 Å². The molecule has 1 aromatic carbocycles. The Morgan fingerprint density at radius 1 is 0.973 bits per heavy atom. The fraction of sp³-hybridized carbons (Fsp3) is 0.630. The Balaban J connectivity index is 2.16. The summed E-state index contributed by atoms with van der Waals surface area (Å²) >= 11 is 1.29. The molecule has 1 N–H and O–H groups in total. The predicted molar refractivity (Wildman–Crippen MR) is 150 cm³/mol. The second-order valence-electron chi connectivity index (χ2n) is 12.7. The van der Waals surface area contributed by atoms with Crippen molar-refractivity contribution in [2.45, 2.75) is 111 Å². The summed E-state index contributed by atoms with van der Waals surface area (Å²) in [4.78, 5) is 42.6. The van der Waals surface area contributed by atoms with Crippen molar-refractivity contribution in [2.24, 2.45) is 0 Å². The first-order valence-electron chi connectivity index (χ1n) is 12.5. The van der Waals surface area contributed by atoms with E-state index in [9.17, 15) is 14.4 Å². The number of hydrogen-bond donors (Lipinski definition) is 1. The molecule has 10 heteroatoms. The van der Waals surface area contributed by atoms with E-state index in [0.717, 1.165) is 10.4 Å². The summed E-state index contributed by atoms with van der Waals surface area (Å²) in [6.45, 7) is 21.3. The first-order valence-corrected chi connectivity index (χ1v) is 16.2. The first kappa shape index (κ1) is 30.8. The maximum absolute atomic E-state index is 13.0. The molecule has 1 amide bonds. The molecule has 0 spiro atoms. The smallest absolute Gasteiger partial charge is 0.408 e. The summed E-state index contributed by atoms with van der Waals surface area (Å²) in [5.74, 6) is -0.0659. The number of ether oxygens (including phenoxy) is 2. The van der Waals surface area contributed by atoms with Gasteiger partial charge in [0.25, 0.3) is 0 Å². The molecular weight excluding hydrogens is 508 g/mol. The van der Waals surface area contributed by atoms with Crippen LogP contribution < -0.4 is 9.74 Å². The number of carbonyl (C=O) groups is 3. The maximum Gasteiger partial charge on any atom is 0.408 e. The highest BCUT2D eigenvalue weighted by Gasteiger charge is 2.39. The van der Waals surface area contributed by atoms with Crippen molar-refractivity contribution in [1.29, 1.82) is 0 Å². The van der Waals surface area contributed by atoms with Crippen LogP contribution in [0.2, 0.25) is 18.1 Å². The molecule has 0 bridgehead atoms. The monoisotopic (exact) mass is 550 g/mol. The van der Waals surface area contributed by atoms with Crippen LogP contribution in [-0.4, -0.2) is 48.4 Å². The molecule has 0 aliphatic rings. The van der Waals surface area contributed by atoms with Crippen molar-refractivity contribution in [3.8, 4) is 5.75 Å². The third kappa shape index (κ3) is 9.41. The minimum Gasteiger partial charge on any atom is -0.543 e. The van der Waals surface area contributed by atoms with Crippen LogP contribution in [0.3, 0.4) is 0 Å². The van der Waals surface area contributed by atoms with Gasteiger partial charge in [0, 0.05) is 6.42 Å². The number of nitrogens with zero attached hydrogens (tertiary/aromatic N) is 1. The Kier molecular flexibility index (Phi) is 9.23. The summed E-state index contributed by atoms with van der Waals surface area (Å²) < 4.78 is 18.0. The maximum atomic E-state index is 13.0. The molecule has 1 aromatic heterocycles. The molecule has 37 heavy (non-hydrogen) atoms. The average molecular weight is 551 g/mol. The van der Waals surface area contributed by atoms with Crippen LogP contribution >= 0.6 is 11.3 Å². The summed E-state index contributed by atoms with van der Waals surface area (Å²) in [5, 5.41) is 2.96. The number of Topliss-reactive ketones (excluding diaryl/α,β-unsaturated/α-hetero) is 1. The number of aromatic nitrogens is 1. The molecule has 0 saturated carbocycles. The highest BCUT2D eigenvalue weighted by molar-refractivity contribution is 7.20. The Morgan fingerprint density at radius 2 is 1.57 bits per heavy atom. The van der Waals surface area contributed by atoms with Crippen molar-refractivity contribution in [3.63, 3.8) is 0 Å². The van der Waals surface area contributed by atoms with Gasteiger partial charge in [0.05, 0.1) is 10.2 Å². The van der Waals surface area contributed by atoms with E-state index in [1.54, 1.807) is 41.5 Å². The summed E-state index contributed by atoms with van der Waals surface area (Å²) in [7, 11) is -2.00. The zero-order valence-corrected chi connectivity index (χ0v) is 25.8. The van der Waals surface area contributed by atoms with Gasteiger partial charge in [-0.05, 0) is 84.3 Å². The molecule has 0 unspecified atom stereocenters. The van der Waals surface area contributed by atoms with Gasteiger partial charge in [-0.1, -0.05) is 20.8 Å². The average Bonchev–Trinajstić information content (AvgIpc) is 3.10. The zero-order chi connectivity index (χ0) is 28.4. The van der Waals surface area contributed by atoms with Crippen molar-refractivity contribution < 1.29 is 28.3 Å². The van der Waals surface area contributed by atoms with Gasteiger partial charge in [-0.3, -0.25) is 4.79 Å². The van der Waals surface area contributed by atoms with Gasteiger partial charge in [0.1, 0.15) is 23.0 Å². The number of hydrogen-bond acceptors (Lipinski definition) is 8. The van der Waals surface area contributed by atoms with Crippen LogP contribution in [-0.2, 0) is 14.3 Å². The van der Waals surface area contributed by atoms with Crippen LogP contribution in [0.5, 0.6) is 5.75 Å². The Bertz CT molecular complexity index is 1140. The van der Waals surface area contributed by atoms with E-state index in [-0.39, 0.29) is 23.7 Å². The first-order chi connectivity index (χ1) is 16.7. The van der Waals surface area contributed by atoms with E-state index < -0.39 is 37.6 Å². The highest BCUT2D eigenvalue weighted by Crippen LogP contribution is 2.38. The van der Waals surface area contributed by atoms with Crippen LogP contribution in [0, 0.1) is 0 Å². The molecule has 2 aromatic rings. The highest BCUT2D eigenvalue weighted by atomic mass is 32.1. The number of benzene rings is 1. The third-order valence-electron chi connectivity index (χ3n) is 5.82. The lowest BCUT2D eigenvalue weighted by Gasteiger charge is -2.36. The Morgan fingerprint density at radius 3 is 2.11 bits per heavy atom. The fourth-order valence-electron chi connectivity index (χ4n) is 2.99. The topological polar surface area (TPSA) is 104 Å². The SMILES string of the molecule is CC(C)(C)OC(=O)N[C@H](CCC(=O)c1nc2ccc(O[Si](C)(C)C(C)(C)C)cc2s1)C(=O)OC(C)(C)C. The quantitative estimate of drug-likeness (QED) is 0.217. The van der Waals surface area contributed by atoms with Gasteiger partial charge >= 0.3 is 12.1 Å². The Labute approximate surface area is 225 Å². The molecule has 0 saturated heterocycles. The standard InChI is InChI=1S/C27H42N2O6SSi/c1-25(2,3)33-23(31)19(29-24(32)34-26(4,5)6)14-15-20(30)22-28-18-13-12-17(16-21(18)36-22)35-37(10,11)27(7,8)9/h12-13,16,19H,14-15H2,1-11H3,(H,29,32)/t19-/m1/s1. The molecule has 0 radical (unpaired) electrons. The number of esters is 1. The van der Waals surface area contributed by atoms with Crippen molar-refractivity contribution in [2.75, 3.05) is 0 Å². The number of alkyl carbamates (subject to hydrolysis) is 1. The molecule has 1 atom stereocenters. The number of amides is 1. The van der Waals surface area contributed by atoms with E-state index in [1.165, 1.54) is 11.3 Å². The molecule has 206 valence electrons. The Hall–Kier alpha value is -2.46. The normalized spacial score (nSPS) is 13.7. The van der Waals surface area contributed by atoms with Crippen LogP contribution in [0.4, 0.5) is 4.79 Å². The van der Waals surface area contributed by atoms with Crippen molar-refractivity contribution in [1.82, 2.24) is 10.3 Å². The van der Waals surface area contributed by atoms with E-state index in [4.69, 9.17) is 13.9 Å². The number of thiazole rings is 1. The minimum atomic E-state index is -2.00. The number of rotatable bonds is 8. The minimum absolute atomic E-state index is 0.00680. The van der Waals surface area contributed by atoms with E-state index in [2.05, 4.69) is 44.2 Å². The molecule has 0 fully saturated rings. The van der Waals surface area contributed by atoms with Gasteiger partial charge < -0.3 is 19.2 Å². The number of carbonyl (C=O) groups excluding carboxylic acids is 3.